The fourth-order valence-electron chi connectivity index (χ4n) is 3.69. The SMILES string of the molecule is COc1cccc(C2CCCN2C(=O)COC(=O)C(C)OCC2CCCO2)c1. The van der Waals surface area contributed by atoms with Crippen molar-refractivity contribution in [2.45, 2.75) is 50.9 Å². The molecule has 154 valence electrons. The molecule has 2 heterocycles. The Morgan fingerprint density at radius 3 is 2.89 bits per heavy atom. The molecular weight excluding hydrogens is 362 g/mol. The number of ether oxygens (including phenoxy) is 4. The van der Waals surface area contributed by atoms with Gasteiger partial charge in [0.05, 0.1) is 25.9 Å². The number of amides is 1. The van der Waals surface area contributed by atoms with Gasteiger partial charge in [-0.25, -0.2) is 4.79 Å². The average molecular weight is 391 g/mol. The van der Waals surface area contributed by atoms with E-state index in [4.69, 9.17) is 18.9 Å². The first-order chi connectivity index (χ1) is 13.6. The summed E-state index contributed by atoms with van der Waals surface area (Å²) in [6, 6.07) is 7.72. The largest absolute Gasteiger partial charge is 0.497 e. The van der Waals surface area contributed by atoms with E-state index in [9.17, 15) is 9.59 Å². The number of esters is 1. The molecule has 2 aliphatic heterocycles. The van der Waals surface area contributed by atoms with E-state index in [-0.39, 0.29) is 24.7 Å². The van der Waals surface area contributed by atoms with E-state index < -0.39 is 12.1 Å². The number of nitrogens with zero attached hydrogens (tertiary/aromatic N) is 1. The summed E-state index contributed by atoms with van der Waals surface area (Å²) >= 11 is 0. The molecule has 0 aliphatic carbocycles. The van der Waals surface area contributed by atoms with E-state index >= 15 is 0 Å². The van der Waals surface area contributed by atoms with Crippen LogP contribution in [-0.4, -0.2) is 62.5 Å². The van der Waals surface area contributed by atoms with Gasteiger partial charge in [-0.3, -0.25) is 4.79 Å². The third-order valence-electron chi connectivity index (χ3n) is 5.28. The van der Waals surface area contributed by atoms with Crippen molar-refractivity contribution in [2.75, 3.05) is 33.5 Å². The Hall–Kier alpha value is -2.12. The fourth-order valence-corrected chi connectivity index (χ4v) is 3.69. The highest BCUT2D eigenvalue weighted by Crippen LogP contribution is 2.33. The fraction of sp³-hybridized carbons (Fsp3) is 0.619. The zero-order valence-corrected chi connectivity index (χ0v) is 16.6. The van der Waals surface area contributed by atoms with Crippen molar-refractivity contribution in [1.82, 2.24) is 4.90 Å². The summed E-state index contributed by atoms with van der Waals surface area (Å²) in [4.78, 5) is 26.5. The van der Waals surface area contributed by atoms with Crippen LogP contribution in [0.2, 0.25) is 0 Å². The van der Waals surface area contributed by atoms with E-state index in [2.05, 4.69) is 0 Å². The first-order valence-corrected chi connectivity index (χ1v) is 9.91. The molecule has 2 fully saturated rings. The number of likely N-dealkylation sites (tertiary alicyclic amines) is 1. The summed E-state index contributed by atoms with van der Waals surface area (Å²) in [5.74, 6) is 0.0499. The molecule has 1 amide bonds. The van der Waals surface area contributed by atoms with Gasteiger partial charge in [0.25, 0.3) is 5.91 Å². The van der Waals surface area contributed by atoms with Crippen LogP contribution in [0.1, 0.15) is 44.2 Å². The topological polar surface area (TPSA) is 74.3 Å². The molecule has 0 saturated carbocycles. The summed E-state index contributed by atoms with van der Waals surface area (Å²) in [6.07, 6.45) is 3.10. The van der Waals surface area contributed by atoms with Crippen LogP contribution in [0.25, 0.3) is 0 Å². The minimum atomic E-state index is -0.718. The van der Waals surface area contributed by atoms with Crippen LogP contribution < -0.4 is 4.74 Å². The zero-order chi connectivity index (χ0) is 19.9. The molecule has 3 atom stereocenters. The van der Waals surface area contributed by atoms with Crippen LogP contribution in [-0.2, 0) is 23.8 Å². The summed E-state index contributed by atoms with van der Waals surface area (Å²) in [7, 11) is 1.62. The number of hydrogen-bond donors (Lipinski definition) is 0. The second-order valence-electron chi connectivity index (χ2n) is 7.24. The van der Waals surface area contributed by atoms with E-state index in [1.807, 2.05) is 24.3 Å². The Morgan fingerprint density at radius 1 is 1.29 bits per heavy atom. The lowest BCUT2D eigenvalue weighted by atomic mass is 10.0. The Labute approximate surface area is 165 Å². The van der Waals surface area contributed by atoms with E-state index in [1.165, 1.54) is 0 Å². The number of rotatable bonds is 8. The molecule has 0 radical (unpaired) electrons. The standard InChI is InChI=1S/C21H29NO6/c1-15(27-13-18-8-5-11-26-18)21(24)28-14-20(23)22-10-4-9-19(22)16-6-3-7-17(12-16)25-2/h3,6-7,12,15,18-19H,4-5,8-11,13-14H2,1-2H3. The molecule has 3 unspecified atom stereocenters. The minimum Gasteiger partial charge on any atom is -0.497 e. The normalized spacial score (nSPS) is 22.9. The molecule has 0 N–H and O–H groups in total. The van der Waals surface area contributed by atoms with Crippen molar-refractivity contribution in [3.05, 3.63) is 29.8 Å². The zero-order valence-electron chi connectivity index (χ0n) is 16.6. The van der Waals surface area contributed by atoms with Crippen LogP contribution in [0.5, 0.6) is 5.75 Å². The van der Waals surface area contributed by atoms with Crippen molar-refractivity contribution in [1.29, 1.82) is 0 Å². The highest BCUT2D eigenvalue weighted by molar-refractivity contribution is 5.82. The predicted molar refractivity (Wildman–Crippen MR) is 102 cm³/mol. The van der Waals surface area contributed by atoms with Gasteiger partial charge in [-0.15, -0.1) is 0 Å². The maximum atomic E-state index is 12.6. The van der Waals surface area contributed by atoms with Crippen molar-refractivity contribution in [2.24, 2.45) is 0 Å². The lowest BCUT2D eigenvalue weighted by Crippen LogP contribution is -2.36. The van der Waals surface area contributed by atoms with Gasteiger partial charge in [-0.2, -0.15) is 0 Å². The van der Waals surface area contributed by atoms with Gasteiger partial charge < -0.3 is 23.8 Å². The van der Waals surface area contributed by atoms with Crippen LogP contribution in [0.3, 0.4) is 0 Å². The molecule has 3 rings (SSSR count). The van der Waals surface area contributed by atoms with Crippen molar-refractivity contribution in [3.63, 3.8) is 0 Å². The lowest BCUT2D eigenvalue weighted by Gasteiger charge is -2.25. The Morgan fingerprint density at radius 2 is 2.14 bits per heavy atom. The van der Waals surface area contributed by atoms with Crippen LogP contribution in [0.15, 0.2) is 24.3 Å². The second kappa shape index (κ2) is 9.89. The summed E-state index contributed by atoms with van der Waals surface area (Å²) < 4.78 is 21.5. The van der Waals surface area contributed by atoms with Crippen LogP contribution in [0.4, 0.5) is 0 Å². The van der Waals surface area contributed by atoms with Crippen LogP contribution >= 0.6 is 0 Å². The minimum absolute atomic E-state index is 0.0190. The quantitative estimate of drug-likeness (QED) is 0.634. The Kier molecular flexibility index (Phi) is 7.28. The number of carbonyl (C=O) groups is 2. The highest BCUT2D eigenvalue weighted by atomic mass is 16.6. The molecule has 2 saturated heterocycles. The highest BCUT2D eigenvalue weighted by Gasteiger charge is 2.31. The number of benzene rings is 1. The third-order valence-corrected chi connectivity index (χ3v) is 5.28. The third kappa shape index (κ3) is 5.23. The van der Waals surface area contributed by atoms with Crippen molar-refractivity contribution >= 4 is 11.9 Å². The first-order valence-electron chi connectivity index (χ1n) is 9.91. The lowest BCUT2D eigenvalue weighted by molar-refractivity contribution is -0.163. The second-order valence-corrected chi connectivity index (χ2v) is 7.24. The van der Waals surface area contributed by atoms with Gasteiger partial charge >= 0.3 is 5.97 Å². The van der Waals surface area contributed by atoms with Gasteiger partial charge in [-0.1, -0.05) is 12.1 Å². The van der Waals surface area contributed by atoms with E-state index in [0.29, 0.717) is 13.2 Å². The van der Waals surface area contributed by atoms with Gasteiger partial charge in [0.15, 0.2) is 12.7 Å². The van der Waals surface area contributed by atoms with Gasteiger partial charge in [0.1, 0.15) is 5.75 Å². The molecule has 1 aromatic rings. The van der Waals surface area contributed by atoms with Gasteiger partial charge in [0, 0.05) is 13.2 Å². The van der Waals surface area contributed by atoms with Crippen molar-refractivity contribution in [3.8, 4) is 5.75 Å². The number of hydrogen-bond acceptors (Lipinski definition) is 6. The number of carbonyl (C=O) groups excluding carboxylic acids is 2. The molecule has 1 aromatic carbocycles. The van der Waals surface area contributed by atoms with Gasteiger partial charge in [0.2, 0.25) is 0 Å². The average Bonchev–Trinajstić information content (AvgIpc) is 3.41. The van der Waals surface area contributed by atoms with Crippen LogP contribution in [0, 0.1) is 0 Å². The molecule has 0 aromatic heterocycles. The van der Waals surface area contributed by atoms with Gasteiger partial charge in [-0.05, 0) is 50.3 Å². The summed E-state index contributed by atoms with van der Waals surface area (Å²) in [5, 5.41) is 0. The molecule has 0 bridgehead atoms. The molecule has 0 spiro atoms. The maximum absolute atomic E-state index is 12.6. The molecule has 28 heavy (non-hydrogen) atoms. The first kappa shape index (κ1) is 20.6. The summed E-state index contributed by atoms with van der Waals surface area (Å²) in [5.41, 5.74) is 1.03. The predicted octanol–water partition coefficient (Wildman–Crippen LogP) is 2.49. The molecular formula is C21H29NO6. The summed E-state index contributed by atoms with van der Waals surface area (Å²) in [6.45, 7) is 3.13. The maximum Gasteiger partial charge on any atom is 0.335 e. The van der Waals surface area contributed by atoms with Crippen molar-refractivity contribution < 1.29 is 28.5 Å². The molecule has 7 nitrogen and oxygen atoms in total. The van der Waals surface area contributed by atoms with E-state index in [0.717, 1.165) is 43.6 Å². The van der Waals surface area contributed by atoms with E-state index in [1.54, 1.807) is 18.9 Å². The molecule has 2 aliphatic rings. The Bertz CT molecular complexity index is 673. The molecule has 7 heteroatoms. The number of methoxy groups -OCH3 is 1. The smallest absolute Gasteiger partial charge is 0.335 e. The Balaban J connectivity index is 1.48. The monoisotopic (exact) mass is 391 g/mol.